The molecule has 0 aliphatic rings. The van der Waals surface area contributed by atoms with E-state index < -0.39 is 6.04 Å². The van der Waals surface area contributed by atoms with Crippen LogP contribution in [0.1, 0.15) is 29.8 Å². The molecule has 30 heavy (non-hydrogen) atoms. The molecule has 0 fully saturated rings. The summed E-state index contributed by atoms with van der Waals surface area (Å²) in [7, 11) is 4.92. The van der Waals surface area contributed by atoms with Crippen LogP contribution in [0.5, 0.6) is 11.5 Å². The molecule has 2 aromatic carbocycles. The van der Waals surface area contributed by atoms with E-state index in [1.807, 2.05) is 32.0 Å². The van der Waals surface area contributed by atoms with Crippen LogP contribution in [0.25, 0.3) is 0 Å². The number of carbonyl (C=O) groups excluding carboxylic acids is 2. The number of benzene rings is 2. The van der Waals surface area contributed by atoms with Crippen molar-refractivity contribution < 1.29 is 19.1 Å². The van der Waals surface area contributed by atoms with Crippen LogP contribution in [0, 0.1) is 5.92 Å². The minimum atomic E-state index is -0.649. The molecule has 162 valence electrons. The molecule has 2 rings (SSSR count). The molecular formula is C23H29ClN2O4. The number of hydrogen-bond acceptors (Lipinski definition) is 4. The number of carbonyl (C=O) groups is 2. The molecule has 0 aliphatic heterocycles. The molecule has 2 amide bonds. The quantitative estimate of drug-likeness (QED) is 0.654. The van der Waals surface area contributed by atoms with Gasteiger partial charge in [0.05, 0.1) is 24.8 Å². The molecular weight excluding hydrogens is 404 g/mol. The van der Waals surface area contributed by atoms with E-state index in [-0.39, 0.29) is 17.7 Å². The Balaban J connectivity index is 2.04. The molecule has 0 bridgehead atoms. The number of nitrogens with zero attached hydrogens (tertiary/aromatic N) is 1. The number of likely N-dealkylation sites (N-methyl/N-ethyl adjacent to an activating group) is 1. The number of halogens is 1. The zero-order valence-electron chi connectivity index (χ0n) is 18.1. The van der Waals surface area contributed by atoms with Gasteiger partial charge >= 0.3 is 0 Å². The zero-order valence-corrected chi connectivity index (χ0v) is 18.8. The van der Waals surface area contributed by atoms with Gasteiger partial charge in [0, 0.05) is 13.6 Å². The Kier molecular flexibility index (Phi) is 8.54. The van der Waals surface area contributed by atoms with Gasteiger partial charge in [-0.05, 0) is 42.2 Å². The van der Waals surface area contributed by atoms with E-state index in [0.717, 1.165) is 5.56 Å². The van der Waals surface area contributed by atoms with Gasteiger partial charge in [-0.15, -0.1) is 0 Å². The van der Waals surface area contributed by atoms with E-state index in [0.29, 0.717) is 35.1 Å². The highest BCUT2D eigenvalue weighted by Gasteiger charge is 2.27. The summed E-state index contributed by atoms with van der Waals surface area (Å²) < 4.78 is 10.6. The number of amides is 2. The normalized spacial score (nSPS) is 11.7. The van der Waals surface area contributed by atoms with E-state index >= 15 is 0 Å². The Hall–Kier alpha value is -2.73. The second-order valence-corrected chi connectivity index (χ2v) is 7.78. The molecule has 0 heterocycles. The smallest absolute Gasteiger partial charge is 0.253 e. The van der Waals surface area contributed by atoms with Crippen LogP contribution < -0.4 is 14.8 Å². The molecule has 2 aromatic rings. The van der Waals surface area contributed by atoms with Gasteiger partial charge in [0.2, 0.25) is 5.91 Å². The van der Waals surface area contributed by atoms with Gasteiger partial charge in [0.25, 0.3) is 5.91 Å². The molecule has 1 atom stereocenters. The first-order valence-electron chi connectivity index (χ1n) is 9.79. The van der Waals surface area contributed by atoms with Crippen LogP contribution in [-0.4, -0.2) is 50.6 Å². The molecule has 0 aromatic heterocycles. The summed E-state index contributed by atoms with van der Waals surface area (Å²) in [5.41, 5.74) is 1.37. The lowest BCUT2D eigenvalue weighted by Gasteiger charge is -2.27. The third-order valence-electron chi connectivity index (χ3n) is 4.90. The summed E-state index contributed by atoms with van der Waals surface area (Å²) in [5.74, 6) is 0.725. The van der Waals surface area contributed by atoms with Crippen molar-refractivity contribution in [3.8, 4) is 11.5 Å². The summed E-state index contributed by atoms with van der Waals surface area (Å²) in [5, 5.41) is 3.19. The Morgan fingerprint density at radius 1 is 1.07 bits per heavy atom. The summed E-state index contributed by atoms with van der Waals surface area (Å²) in [4.78, 5) is 27.3. The van der Waals surface area contributed by atoms with E-state index in [1.165, 1.54) is 0 Å². The molecule has 1 N–H and O–H groups in total. The number of ether oxygens (including phenoxy) is 2. The molecule has 0 radical (unpaired) electrons. The third-order valence-corrected chi connectivity index (χ3v) is 5.23. The fraction of sp³-hybridized carbons (Fsp3) is 0.391. The topological polar surface area (TPSA) is 67.9 Å². The first kappa shape index (κ1) is 23.5. The van der Waals surface area contributed by atoms with E-state index in [1.54, 1.807) is 50.4 Å². The molecule has 6 nitrogen and oxygen atoms in total. The van der Waals surface area contributed by atoms with Crippen molar-refractivity contribution in [1.29, 1.82) is 0 Å². The molecule has 0 aliphatic carbocycles. The van der Waals surface area contributed by atoms with E-state index in [4.69, 9.17) is 21.1 Å². The number of nitrogens with one attached hydrogen (secondary N) is 1. The van der Waals surface area contributed by atoms with E-state index in [9.17, 15) is 9.59 Å². The second-order valence-electron chi connectivity index (χ2n) is 7.37. The van der Waals surface area contributed by atoms with Gasteiger partial charge in [0.15, 0.2) is 11.5 Å². The monoisotopic (exact) mass is 432 g/mol. The van der Waals surface area contributed by atoms with Crippen LogP contribution in [0.4, 0.5) is 0 Å². The van der Waals surface area contributed by atoms with Crippen molar-refractivity contribution in [2.75, 3.05) is 27.8 Å². The van der Waals surface area contributed by atoms with Gasteiger partial charge in [-0.25, -0.2) is 0 Å². The fourth-order valence-electron chi connectivity index (χ4n) is 3.06. The Bertz CT molecular complexity index is 885. The highest BCUT2D eigenvalue weighted by Crippen LogP contribution is 2.27. The van der Waals surface area contributed by atoms with Crippen molar-refractivity contribution in [2.24, 2.45) is 5.92 Å². The van der Waals surface area contributed by atoms with Gasteiger partial charge < -0.3 is 19.7 Å². The summed E-state index contributed by atoms with van der Waals surface area (Å²) in [6.45, 7) is 4.30. The average Bonchev–Trinajstić information content (AvgIpc) is 2.74. The third kappa shape index (κ3) is 5.89. The van der Waals surface area contributed by atoms with Gasteiger partial charge in [0.1, 0.15) is 6.04 Å². The lowest BCUT2D eigenvalue weighted by atomic mass is 10.0. The van der Waals surface area contributed by atoms with Crippen LogP contribution in [0.2, 0.25) is 5.02 Å². The largest absolute Gasteiger partial charge is 0.493 e. The molecule has 7 heteroatoms. The van der Waals surface area contributed by atoms with Gasteiger partial charge in [-0.2, -0.15) is 0 Å². The van der Waals surface area contributed by atoms with E-state index in [2.05, 4.69) is 5.32 Å². The van der Waals surface area contributed by atoms with Crippen LogP contribution in [0.15, 0.2) is 42.5 Å². The zero-order chi connectivity index (χ0) is 22.3. The predicted molar refractivity (Wildman–Crippen MR) is 118 cm³/mol. The van der Waals surface area contributed by atoms with Crippen molar-refractivity contribution in [3.63, 3.8) is 0 Å². The van der Waals surface area contributed by atoms with Crippen LogP contribution in [-0.2, 0) is 11.2 Å². The Morgan fingerprint density at radius 2 is 1.73 bits per heavy atom. The lowest BCUT2D eigenvalue weighted by molar-refractivity contribution is -0.133. The molecule has 0 spiro atoms. The van der Waals surface area contributed by atoms with Crippen molar-refractivity contribution >= 4 is 23.4 Å². The van der Waals surface area contributed by atoms with Crippen LogP contribution >= 0.6 is 11.6 Å². The lowest BCUT2D eigenvalue weighted by Crippen LogP contribution is -2.50. The maximum atomic E-state index is 13.0. The van der Waals surface area contributed by atoms with Crippen molar-refractivity contribution in [2.45, 2.75) is 26.3 Å². The second kappa shape index (κ2) is 10.9. The summed E-state index contributed by atoms with van der Waals surface area (Å²) >= 11 is 6.11. The highest BCUT2D eigenvalue weighted by molar-refractivity contribution is 6.33. The predicted octanol–water partition coefficient (Wildman–Crippen LogP) is 3.81. The average molecular weight is 433 g/mol. The molecule has 0 saturated heterocycles. The van der Waals surface area contributed by atoms with Crippen molar-refractivity contribution in [1.82, 2.24) is 10.2 Å². The fourth-order valence-corrected chi connectivity index (χ4v) is 3.28. The number of methoxy groups -OCH3 is 2. The standard InChI is InChI=1S/C23H29ClN2O4/c1-15(2)21(25-22(27)17-8-6-7-9-18(17)24)23(28)26(3)13-12-16-10-11-19(29-4)20(14-16)30-5/h6-11,14-15,21H,12-13H2,1-5H3,(H,25,27). The maximum absolute atomic E-state index is 13.0. The molecule has 1 unspecified atom stereocenters. The minimum Gasteiger partial charge on any atom is -0.493 e. The summed E-state index contributed by atoms with van der Waals surface area (Å²) in [6.07, 6.45) is 0.645. The Morgan fingerprint density at radius 3 is 2.33 bits per heavy atom. The first-order chi connectivity index (χ1) is 14.3. The highest BCUT2D eigenvalue weighted by atomic mass is 35.5. The maximum Gasteiger partial charge on any atom is 0.253 e. The van der Waals surface area contributed by atoms with Crippen molar-refractivity contribution in [3.05, 3.63) is 58.6 Å². The minimum absolute atomic E-state index is 0.0764. The van der Waals surface area contributed by atoms with Crippen LogP contribution in [0.3, 0.4) is 0 Å². The Labute approximate surface area is 183 Å². The summed E-state index contributed by atoms with van der Waals surface area (Å²) in [6, 6.07) is 11.8. The van der Waals surface area contributed by atoms with Gasteiger partial charge in [-0.3, -0.25) is 9.59 Å². The molecule has 0 saturated carbocycles. The first-order valence-corrected chi connectivity index (χ1v) is 10.2. The SMILES string of the molecule is COc1ccc(CCN(C)C(=O)C(NC(=O)c2ccccc2Cl)C(C)C)cc1OC. The van der Waals surface area contributed by atoms with Gasteiger partial charge in [-0.1, -0.05) is 43.6 Å². The number of hydrogen-bond donors (Lipinski definition) is 1. The number of rotatable bonds is 9.